The third kappa shape index (κ3) is 4.92. The van der Waals surface area contributed by atoms with E-state index in [1.807, 2.05) is 54.6 Å². The van der Waals surface area contributed by atoms with Crippen LogP contribution in [0.1, 0.15) is 28.2 Å². The Balaban J connectivity index is 1.36. The number of likely N-dealkylation sites (tertiary alicyclic amines) is 1. The average molecular weight is 438 g/mol. The first kappa shape index (κ1) is 21.4. The van der Waals surface area contributed by atoms with Crippen molar-refractivity contribution in [3.63, 3.8) is 0 Å². The monoisotopic (exact) mass is 437 g/mol. The van der Waals surface area contributed by atoms with Crippen molar-refractivity contribution in [1.29, 1.82) is 0 Å². The molecular weight excluding hydrogens is 410 g/mol. The van der Waals surface area contributed by atoms with E-state index < -0.39 is 6.04 Å². The molecule has 0 radical (unpaired) electrons. The van der Waals surface area contributed by atoms with Gasteiger partial charge in [0, 0.05) is 25.2 Å². The third-order valence-electron chi connectivity index (χ3n) is 5.69. The molecule has 1 aliphatic rings. The first-order chi connectivity index (χ1) is 15.0. The van der Waals surface area contributed by atoms with Crippen LogP contribution >= 0.6 is 11.3 Å². The predicted octanol–water partition coefficient (Wildman–Crippen LogP) is 1.91. The van der Waals surface area contributed by atoms with Crippen molar-refractivity contribution in [2.24, 2.45) is 11.5 Å². The van der Waals surface area contributed by atoms with Gasteiger partial charge in [-0.3, -0.25) is 9.59 Å². The van der Waals surface area contributed by atoms with Crippen LogP contribution in [0.3, 0.4) is 0 Å². The molecule has 0 unspecified atom stereocenters. The van der Waals surface area contributed by atoms with Crippen LogP contribution in [0.4, 0.5) is 0 Å². The smallest absolute Gasteiger partial charge is 0.283 e. The third-order valence-corrected chi connectivity index (χ3v) is 6.72. The van der Waals surface area contributed by atoms with Crippen molar-refractivity contribution in [3.05, 3.63) is 65.2 Å². The molecule has 1 aliphatic heterocycles. The van der Waals surface area contributed by atoms with Crippen LogP contribution in [-0.2, 0) is 11.2 Å². The summed E-state index contributed by atoms with van der Waals surface area (Å²) in [4.78, 5) is 31.9. The SMILES string of the molecule is NC[C@@H]1C[C@H](NC(=O)[C@@H](N)CCc2ccccc2)CN1C(=O)c1nc2ccccc2s1. The number of amides is 2. The first-order valence-corrected chi connectivity index (χ1v) is 11.3. The van der Waals surface area contributed by atoms with Gasteiger partial charge in [0.2, 0.25) is 5.91 Å². The van der Waals surface area contributed by atoms with Crippen molar-refractivity contribution < 1.29 is 9.59 Å². The number of rotatable bonds is 7. The fourth-order valence-corrected chi connectivity index (χ4v) is 4.91. The molecule has 7 nitrogen and oxygen atoms in total. The number of carbonyl (C=O) groups is 2. The highest BCUT2D eigenvalue weighted by Gasteiger charge is 2.37. The van der Waals surface area contributed by atoms with E-state index in [2.05, 4.69) is 10.3 Å². The van der Waals surface area contributed by atoms with E-state index >= 15 is 0 Å². The van der Waals surface area contributed by atoms with E-state index in [0.29, 0.717) is 30.9 Å². The highest BCUT2D eigenvalue weighted by atomic mass is 32.1. The van der Waals surface area contributed by atoms with Crippen LogP contribution < -0.4 is 16.8 Å². The van der Waals surface area contributed by atoms with Gasteiger partial charge in [0.1, 0.15) is 0 Å². The Kier molecular flexibility index (Phi) is 6.60. The van der Waals surface area contributed by atoms with Gasteiger partial charge in [-0.15, -0.1) is 11.3 Å². The largest absolute Gasteiger partial charge is 0.350 e. The summed E-state index contributed by atoms with van der Waals surface area (Å²) >= 11 is 1.38. The lowest BCUT2D eigenvalue weighted by Crippen LogP contribution is -2.46. The summed E-state index contributed by atoms with van der Waals surface area (Å²) in [6.07, 6.45) is 1.93. The Morgan fingerprint density at radius 3 is 2.65 bits per heavy atom. The van der Waals surface area contributed by atoms with Crippen LogP contribution in [0.5, 0.6) is 0 Å². The van der Waals surface area contributed by atoms with Crippen molar-refractivity contribution in [3.8, 4) is 0 Å². The Labute approximate surface area is 185 Å². The number of nitrogens with zero attached hydrogens (tertiary/aromatic N) is 2. The number of nitrogens with two attached hydrogens (primary N) is 2. The van der Waals surface area contributed by atoms with Gasteiger partial charge in [0.05, 0.1) is 16.3 Å². The van der Waals surface area contributed by atoms with Gasteiger partial charge in [0.15, 0.2) is 5.01 Å². The Morgan fingerprint density at radius 2 is 1.90 bits per heavy atom. The fraction of sp³-hybridized carbons (Fsp3) is 0.348. The normalized spacial score (nSPS) is 19.5. The average Bonchev–Trinajstić information content (AvgIpc) is 3.41. The van der Waals surface area contributed by atoms with Gasteiger partial charge >= 0.3 is 0 Å². The number of hydrogen-bond acceptors (Lipinski definition) is 6. The lowest BCUT2D eigenvalue weighted by Gasteiger charge is -2.22. The maximum atomic E-state index is 13.1. The number of aryl methyl sites for hydroxylation is 1. The van der Waals surface area contributed by atoms with Gasteiger partial charge in [-0.25, -0.2) is 4.98 Å². The second-order valence-corrected chi connectivity index (χ2v) is 8.94. The second kappa shape index (κ2) is 9.55. The zero-order valence-electron chi connectivity index (χ0n) is 17.2. The number of fused-ring (bicyclic) bond motifs is 1. The molecule has 3 aromatic rings. The molecule has 1 fully saturated rings. The summed E-state index contributed by atoms with van der Waals surface area (Å²) in [7, 11) is 0. The number of nitrogens with one attached hydrogen (secondary N) is 1. The van der Waals surface area contributed by atoms with Gasteiger partial charge in [-0.1, -0.05) is 42.5 Å². The number of aromatic nitrogens is 1. The van der Waals surface area contributed by atoms with Crippen LogP contribution in [0.25, 0.3) is 10.2 Å². The highest BCUT2D eigenvalue weighted by molar-refractivity contribution is 7.20. The first-order valence-electron chi connectivity index (χ1n) is 10.5. The van der Waals surface area contributed by atoms with E-state index in [0.717, 1.165) is 22.2 Å². The van der Waals surface area contributed by atoms with Crippen LogP contribution in [0.2, 0.25) is 0 Å². The van der Waals surface area contributed by atoms with E-state index in [1.54, 1.807) is 4.90 Å². The van der Waals surface area contributed by atoms with Crippen molar-refractivity contribution >= 4 is 33.4 Å². The van der Waals surface area contributed by atoms with Crippen molar-refractivity contribution in [2.45, 2.75) is 37.4 Å². The number of benzene rings is 2. The molecule has 0 bridgehead atoms. The molecule has 31 heavy (non-hydrogen) atoms. The van der Waals surface area contributed by atoms with Crippen LogP contribution in [0, 0.1) is 0 Å². The maximum absolute atomic E-state index is 13.1. The lowest BCUT2D eigenvalue weighted by molar-refractivity contribution is -0.123. The Morgan fingerprint density at radius 1 is 1.16 bits per heavy atom. The van der Waals surface area contributed by atoms with Crippen molar-refractivity contribution in [2.75, 3.05) is 13.1 Å². The quantitative estimate of drug-likeness (QED) is 0.522. The van der Waals surface area contributed by atoms with Crippen LogP contribution in [0.15, 0.2) is 54.6 Å². The number of para-hydroxylation sites is 1. The molecule has 0 spiro atoms. The molecule has 1 saturated heterocycles. The van der Waals surface area contributed by atoms with E-state index in [9.17, 15) is 9.59 Å². The van der Waals surface area contributed by atoms with Gasteiger partial charge < -0.3 is 21.7 Å². The van der Waals surface area contributed by atoms with Gasteiger partial charge in [-0.05, 0) is 37.0 Å². The Bertz CT molecular complexity index is 1020. The maximum Gasteiger partial charge on any atom is 0.283 e. The number of hydrogen-bond donors (Lipinski definition) is 3. The number of thiazole rings is 1. The fourth-order valence-electron chi connectivity index (χ4n) is 3.99. The summed E-state index contributed by atoms with van der Waals surface area (Å²) in [5, 5.41) is 3.46. The molecule has 8 heteroatoms. The molecule has 162 valence electrons. The highest BCUT2D eigenvalue weighted by Crippen LogP contribution is 2.26. The Hall–Kier alpha value is -2.81. The van der Waals surface area contributed by atoms with Gasteiger partial charge in [0.25, 0.3) is 5.91 Å². The molecule has 1 aromatic heterocycles. The summed E-state index contributed by atoms with van der Waals surface area (Å²) in [6.45, 7) is 0.747. The molecule has 2 amide bonds. The minimum absolute atomic E-state index is 0.134. The zero-order chi connectivity index (χ0) is 21.8. The summed E-state index contributed by atoms with van der Waals surface area (Å²) in [6, 6.07) is 16.8. The van der Waals surface area contributed by atoms with Crippen LogP contribution in [-0.4, -0.2) is 52.9 Å². The number of carbonyl (C=O) groups excluding carboxylic acids is 2. The molecule has 2 heterocycles. The minimum atomic E-state index is -0.592. The van der Waals surface area contributed by atoms with E-state index in [-0.39, 0.29) is 23.9 Å². The topological polar surface area (TPSA) is 114 Å². The minimum Gasteiger partial charge on any atom is -0.350 e. The van der Waals surface area contributed by atoms with E-state index in [1.165, 1.54) is 11.3 Å². The molecular formula is C23H27N5O2S. The molecule has 2 aromatic carbocycles. The molecule has 4 rings (SSSR count). The second-order valence-electron chi connectivity index (χ2n) is 7.91. The molecule has 5 N–H and O–H groups in total. The molecule has 3 atom stereocenters. The zero-order valence-corrected chi connectivity index (χ0v) is 18.1. The predicted molar refractivity (Wildman–Crippen MR) is 123 cm³/mol. The van der Waals surface area contributed by atoms with Crippen molar-refractivity contribution in [1.82, 2.24) is 15.2 Å². The molecule has 0 saturated carbocycles. The molecule has 0 aliphatic carbocycles. The summed E-state index contributed by atoms with van der Waals surface area (Å²) < 4.78 is 0.976. The van der Waals surface area contributed by atoms with Gasteiger partial charge in [-0.2, -0.15) is 0 Å². The lowest BCUT2D eigenvalue weighted by atomic mass is 10.0. The van der Waals surface area contributed by atoms with E-state index in [4.69, 9.17) is 11.5 Å². The summed E-state index contributed by atoms with van der Waals surface area (Å²) in [5.74, 6) is -0.326. The standard InChI is InChI=1S/C23H27N5O2S/c24-13-17-12-16(26-21(29)18(25)11-10-15-6-2-1-3-7-15)14-28(17)23(30)22-27-19-8-4-5-9-20(19)31-22/h1-9,16-18H,10-14,24-25H2,(H,26,29)/t16-,17-,18-/m0/s1. The summed E-state index contributed by atoms with van der Waals surface area (Å²) in [5.41, 5.74) is 14.0.